The zero-order valence-corrected chi connectivity index (χ0v) is 17.6. The molecule has 0 aliphatic carbocycles. The fraction of sp³-hybridized carbons (Fsp3) is 0.280. The van der Waals surface area contributed by atoms with Gasteiger partial charge in [0.2, 0.25) is 0 Å². The SMILES string of the molecule is C=C(C)C(=O)Oc1ccc(Cc2ccc(OC(=O)C(=C)C)c(CC)c2)cc1CC. The highest BCUT2D eigenvalue weighted by Gasteiger charge is 2.12. The minimum atomic E-state index is -0.417. The molecule has 2 aromatic carbocycles. The quantitative estimate of drug-likeness (QED) is 0.344. The number of ether oxygens (including phenoxy) is 2. The predicted octanol–water partition coefficient (Wildman–Crippen LogP) is 5.37. The van der Waals surface area contributed by atoms with E-state index >= 15 is 0 Å². The molecule has 4 nitrogen and oxygen atoms in total. The summed E-state index contributed by atoms with van der Waals surface area (Å²) in [6, 6.07) is 11.7. The Hall–Kier alpha value is -3.14. The zero-order chi connectivity index (χ0) is 21.6. The molecule has 0 saturated heterocycles. The first-order valence-corrected chi connectivity index (χ1v) is 9.74. The number of aryl methyl sites for hydroxylation is 2. The van der Waals surface area contributed by atoms with Crippen molar-refractivity contribution < 1.29 is 19.1 Å². The molecule has 0 heterocycles. The Bertz CT molecular complexity index is 876. The Morgan fingerprint density at radius 1 is 0.759 bits per heavy atom. The Morgan fingerprint density at radius 3 is 1.45 bits per heavy atom. The van der Waals surface area contributed by atoms with Crippen LogP contribution in [0.4, 0.5) is 0 Å². The molecule has 0 saturated carbocycles. The Kier molecular flexibility index (Phi) is 7.54. The van der Waals surface area contributed by atoms with E-state index in [1.807, 2.05) is 38.1 Å². The van der Waals surface area contributed by atoms with Crippen molar-refractivity contribution in [1.29, 1.82) is 0 Å². The number of rotatable bonds is 8. The highest BCUT2D eigenvalue weighted by molar-refractivity contribution is 5.89. The fourth-order valence-corrected chi connectivity index (χ4v) is 2.85. The third-order valence-electron chi connectivity index (χ3n) is 4.52. The maximum atomic E-state index is 11.8. The Balaban J connectivity index is 2.22. The summed E-state index contributed by atoms with van der Waals surface area (Å²) in [6.45, 7) is 14.6. The summed E-state index contributed by atoms with van der Waals surface area (Å²) in [5.74, 6) is 0.306. The van der Waals surface area contributed by atoms with Gasteiger partial charge in [0, 0.05) is 11.1 Å². The normalized spacial score (nSPS) is 10.3. The summed E-state index contributed by atoms with van der Waals surface area (Å²) >= 11 is 0. The smallest absolute Gasteiger partial charge is 0.338 e. The van der Waals surface area contributed by atoms with Crippen LogP contribution in [-0.4, -0.2) is 11.9 Å². The molecule has 2 aromatic rings. The monoisotopic (exact) mass is 392 g/mol. The van der Waals surface area contributed by atoms with Crippen molar-refractivity contribution in [3.8, 4) is 11.5 Å². The zero-order valence-electron chi connectivity index (χ0n) is 17.6. The summed E-state index contributed by atoms with van der Waals surface area (Å²) in [5.41, 5.74) is 4.92. The third-order valence-corrected chi connectivity index (χ3v) is 4.52. The van der Waals surface area contributed by atoms with Gasteiger partial charge in [-0.3, -0.25) is 0 Å². The molecule has 2 rings (SSSR count). The van der Waals surface area contributed by atoms with Gasteiger partial charge in [-0.25, -0.2) is 9.59 Å². The fourth-order valence-electron chi connectivity index (χ4n) is 2.85. The second kappa shape index (κ2) is 9.87. The predicted molar refractivity (Wildman–Crippen MR) is 115 cm³/mol. The lowest BCUT2D eigenvalue weighted by atomic mass is 9.99. The molecule has 29 heavy (non-hydrogen) atoms. The van der Waals surface area contributed by atoms with Gasteiger partial charge in [-0.05, 0) is 67.5 Å². The van der Waals surface area contributed by atoms with Crippen LogP contribution in [0.2, 0.25) is 0 Å². The van der Waals surface area contributed by atoms with Crippen molar-refractivity contribution in [3.05, 3.63) is 83.0 Å². The van der Waals surface area contributed by atoms with Crippen LogP contribution < -0.4 is 9.47 Å². The van der Waals surface area contributed by atoms with Gasteiger partial charge < -0.3 is 9.47 Å². The number of carbonyl (C=O) groups is 2. The number of hydrogen-bond acceptors (Lipinski definition) is 4. The highest BCUT2D eigenvalue weighted by atomic mass is 16.5. The molecule has 0 fully saturated rings. The van der Waals surface area contributed by atoms with Crippen molar-refractivity contribution in [2.45, 2.75) is 47.0 Å². The second-order valence-electron chi connectivity index (χ2n) is 7.11. The topological polar surface area (TPSA) is 52.6 Å². The average molecular weight is 392 g/mol. The van der Waals surface area contributed by atoms with Gasteiger partial charge in [-0.2, -0.15) is 0 Å². The summed E-state index contributed by atoms with van der Waals surface area (Å²) in [6.07, 6.45) is 2.23. The van der Waals surface area contributed by atoms with E-state index in [4.69, 9.17) is 9.47 Å². The van der Waals surface area contributed by atoms with Crippen molar-refractivity contribution in [2.75, 3.05) is 0 Å². The Labute approximate surface area is 172 Å². The summed E-state index contributed by atoms with van der Waals surface area (Å²) in [5, 5.41) is 0. The molecule has 0 aromatic heterocycles. The standard InChI is InChI=1S/C25H28O4/c1-7-20-14-18(9-11-22(20)28-24(26)16(3)4)13-19-10-12-23(21(8-2)15-19)29-25(27)17(5)6/h9-12,14-15H,3,5,7-8,13H2,1-2,4,6H3. The van der Waals surface area contributed by atoms with Crippen LogP contribution in [0.3, 0.4) is 0 Å². The van der Waals surface area contributed by atoms with E-state index in [2.05, 4.69) is 25.3 Å². The van der Waals surface area contributed by atoms with Crippen LogP contribution in [-0.2, 0) is 28.9 Å². The van der Waals surface area contributed by atoms with E-state index in [-0.39, 0.29) is 0 Å². The van der Waals surface area contributed by atoms with Crippen molar-refractivity contribution in [3.63, 3.8) is 0 Å². The summed E-state index contributed by atoms with van der Waals surface area (Å²) in [4.78, 5) is 23.6. The lowest BCUT2D eigenvalue weighted by Crippen LogP contribution is -2.10. The molecule has 4 heteroatoms. The van der Waals surface area contributed by atoms with Crippen molar-refractivity contribution in [2.24, 2.45) is 0 Å². The number of carbonyl (C=O) groups excluding carboxylic acids is 2. The average Bonchev–Trinajstić information content (AvgIpc) is 2.69. The first kappa shape index (κ1) is 22.2. The van der Waals surface area contributed by atoms with E-state index in [1.165, 1.54) is 0 Å². The molecule has 0 amide bonds. The van der Waals surface area contributed by atoms with E-state index < -0.39 is 11.9 Å². The number of benzene rings is 2. The molecular formula is C25H28O4. The molecule has 0 N–H and O–H groups in total. The minimum Gasteiger partial charge on any atom is -0.423 e. The Morgan fingerprint density at radius 2 is 1.14 bits per heavy atom. The van der Waals surface area contributed by atoms with Gasteiger partial charge in [0.1, 0.15) is 11.5 Å². The van der Waals surface area contributed by atoms with Gasteiger partial charge in [0.25, 0.3) is 0 Å². The van der Waals surface area contributed by atoms with Gasteiger partial charge in [0.15, 0.2) is 0 Å². The van der Waals surface area contributed by atoms with Gasteiger partial charge in [-0.15, -0.1) is 0 Å². The van der Waals surface area contributed by atoms with Gasteiger partial charge >= 0.3 is 11.9 Å². The largest absolute Gasteiger partial charge is 0.423 e. The second-order valence-corrected chi connectivity index (χ2v) is 7.11. The van der Waals surface area contributed by atoms with Crippen LogP contribution >= 0.6 is 0 Å². The van der Waals surface area contributed by atoms with E-state index in [9.17, 15) is 9.59 Å². The van der Waals surface area contributed by atoms with Crippen LogP contribution in [0.5, 0.6) is 11.5 Å². The van der Waals surface area contributed by atoms with Crippen LogP contribution in [0, 0.1) is 0 Å². The molecule has 0 atom stereocenters. The number of hydrogen-bond donors (Lipinski definition) is 0. The molecule has 0 aliphatic heterocycles. The van der Waals surface area contributed by atoms with E-state index in [0.29, 0.717) is 22.6 Å². The first-order valence-electron chi connectivity index (χ1n) is 9.74. The maximum absolute atomic E-state index is 11.8. The molecule has 152 valence electrons. The molecule has 0 bridgehead atoms. The summed E-state index contributed by atoms with van der Waals surface area (Å²) < 4.78 is 10.8. The third kappa shape index (κ3) is 5.92. The molecule has 0 radical (unpaired) electrons. The van der Waals surface area contributed by atoms with Crippen LogP contribution in [0.25, 0.3) is 0 Å². The summed E-state index contributed by atoms with van der Waals surface area (Å²) in [7, 11) is 0. The van der Waals surface area contributed by atoms with Crippen molar-refractivity contribution in [1.82, 2.24) is 0 Å². The highest BCUT2D eigenvalue weighted by Crippen LogP contribution is 2.26. The lowest BCUT2D eigenvalue weighted by molar-refractivity contribution is -0.131. The lowest BCUT2D eigenvalue weighted by Gasteiger charge is -2.13. The minimum absolute atomic E-state index is 0.371. The van der Waals surface area contributed by atoms with Gasteiger partial charge in [0.05, 0.1) is 0 Å². The van der Waals surface area contributed by atoms with E-state index in [1.54, 1.807) is 13.8 Å². The molecular weight excluding hydrogens is 364 g/mol. The molecule has 0 aliphatic rings. The van der Waals surface area contributed by atoms with E-state index in [0.717, 1.165) is 41.5 Å². The van der Waals surface area contributed by atoms with Crippen LogP contribution in [0.1, 0.15) is 49.9 Å². The number of esters is 2. The van der Waals surface area contributed by atoms with Gasteiger partial charge in [-0.1, -0.05) is 51.3 Å². The molecule has 0 spiro atoms. The first-order chi connectivity index (χ1) is 13.7. The van der Waals surface area contributed by atoms with Crippen molar-refractivity contribution >= 4 is 11.9 Å². The molecule has 0 unspecified atom stereocenters. The maximum Gasteiger partial charge on any atom is 0.338 e. The van der Waals surface area contributed by atoms with Crippen LogP contribution in [0.15, 0.2) is 60.7 Å².